The first kappa shape index (κ1) is 15.9. The SMILES string of the molecule is CCCNS(=O)(=O)c1cc(Br)cc(CNC2CC2)c1F. The van der Waals surface area contributed by atoms with Gasteiger partial charge >= 0.3 is 0 Å². The molecule has 0 heterocycles. The van der Waals surface area contributed by atoms with Crippen LogP contribution in [0.15, 0.2) is 21.5 Å². The molecule has 112 valence electrons. The van der Waals surface area contributed by atoms with Crippen molar-refractivity contribution in [2.24, 2.45) is 0 Å². The van der Waals surface area contributed by atoms with Crippen molar-refractivity contribution < 1.29 is 12.8 Å². The van der Waals surface area contributed by atoms with Crippen LogP contribution >= 0.6 is 15.9 Å². The van der Waals surface area contributed by atoms with Gasteiger partial charge in [-0.2, -0.15) is 0 Å². The molecule has 2 rings (SSSR count). The van der Waals surface area contributed by atoms with Crippen molar-refractivity contribution in [3.63, 3.8) is 0 Å². The Morgan fingerprint density at radius 2 is 2.10 bits per heavy atom. The van der Waals surface area contributed by atoms with E-state index in [1.54, 1.807) is 6.07 Å². The first-order valence-electron chi connectivity index (χ1n) is 6.65. The molecule has 0 aromatic heterocycles. The summed E-state index contributed by atoms with van der Waals surface area (Å²) in [6, 6.07) is 3.35. The van der Waals surface area contributed by atoms with Crippen LogP contribution in [-0.2, 0) is 16.6 Å². The van der Waals surface area contributed by atoms with Crippen LogP contribution in [0.5, 0.6) is 0 Å². The van der Waals surface area contributed by atoms with Gasteiger partial charge in [-0.25, -0.2) is 17.5 Å². The fourth-order valence-corrected chi connectivity index (χ4v) is 3.73. The van der Waals surface area contributed by atoms with Crippen LogP contribution in [-0.4, -0.2) is 21.0 Å². The van der Waals surface area contributed by atoms with Gasteiger partial charge in [0.05, 0.1) is 0 Å². The second kappa shape index (κ2) is 6.51. The molecule has 0 bridgehead atoms. The average Bonchev–Trinajstić information content (AvgIpc) is 3.21. The summed E-state index contributed by atoms with van der Waals surface area (Å²) in [6.45, 7) is 2.49. The van der Waals surface area contributed by atoms with Crippen molar-refractivity contribution in [3.05, 3.63) is 28.0 Å². The highest BCUT2D eigenvalue weighted by molar-refractivity contribution is 9.10. The van der Waals surface area contributed by atoms with Crippen LogP contribution in [0.1, 0.15) is 31.7 Å². The lowest BCUT2D eigenvalue weighted by molar-refractivity contribution is 0.540. The van der Waals surface area contributed by atoms with Gasteiger partial charge in [-0.1, -0.05) is 22.9 Å². The second-order valence-corrected chi connectivity index (χ2v) is 7.58. The average molecular weight is 365 g/mol. The van der Waals surface area contributed by atoms with Crippen molar-refractivity contribution in [2.75, 3.05) is 6.54 Å². The van der Waals surface area contributed by atoms with E-state index in [-0.39, 0.29) is 4.90 Å². The zero-order valence-electron chi connectivity index (χ0n) is 11.2. The molecule has 0 saturated heterocycles. The van der Waals surface area contributed by atoms with Crippen LogP contribution < -0.4 is 10.0 Å². The Bertz CT molecular complexity index is 588. The van der Waals surface area contributed by atoms with Crippen molar-refractivity contribution in [1.82, 2.24) is 10.0 Å². The van der Waals surface area contributed by atoms with Gasteiger partial charge in [-0.05, 0) is 31.4 Å². The first-order chi connectivity index (χ1) is 9.44. The summed E-state index contributed by atoms with van der Waals surface area (Å²) in [7, 11) is -3.80. The molecule has 1 aliphatic rings. The summed E-state index contributed by atoms with van der Waals surface area (Å²) in [4.78, 5) is -0.298. The van der Waals surface area contributed by atoms with Gasteiger partial charge < -0.3 is 5.32 Å². The zero-order chi connectivity index (χ0) is 14.8. The van der Waals surface area contributed by atoms with Gasteiger partial charge in [0.25, 0.3) is 0 Å². The Kier molecular flexibility index (Phi) is 5.17. The van der Waals surface area contributed by atoms with E-state index in [0.29, 0.717) is 35.6 Å². The van der Waals surface area contributed by atoms with Crippen molar-refractivity contribution in [2.45, 2.75) is 43.7 Å². The van der Waals surface area contributed by atoms with Gasteiger partial charge in [-0.15, -0.1) is 0 Å². The third kappa shape index (κ3) is 4.00. The van der Waals surface area contributed by atoms with Gasteiger partial charge in [0.15, 0.2) is 0 Å². The molecule has 20 heavy (non-hydrogen) atoms. The molecule has 0 radical (unpaired) electrons. The highest BCUT2D eigenvalue weighted by Crippen LogP contribution is 2.25. The molecule has 1 aliphatic carbocycles. The van der Waals surface area contributed by atoms with Crippen molar-refractivity contribution in [1.29, 1.82) is 0 Å². The number of hydrogen-bond donors (Lipinski definition) is 2. The highest BCUT2D eigenvalue weighted by Gasteiger charge is 2.24. The number of nitrogens with one attached hydrogen (secondary N) is 2. The summed E-state index contributed by atoms with van der Waals surface area (Å²) < 4.78 is 41.5. The lowest BCUT2D eigenvalue weighted by Crippen LogP contribution is -2.26. The molecule has 0 spiro atoms. The molecule has 0 amide bonds. The Morgan fingerprint density at radius 1 is 1.40 bits per heavy atom. The van der Waals surface area contributed by atoms with Crippen molar-refractivity contribution in [3.8, 4) is 0 Å². The Balaban J connectivity index is 2.27. The summed E-state index contributed by atoms with van der Waals surface area (Å²) in [6.07, 6.45) is 2.85. The van der Waals surface area contributed by atoms with E-state index in [1.165, 1.54) is 6.07 Å². The van der Waals surface area contributed by atoms with E-state index in [1.807, 2.05) is 6.92 Å². The lowest BCUT2D eigenvalue weighted by atomic mass is 10.2. The molecular formula is C13H18BrFN2O2S. The van der Waals surface area contributed by atoms with E-state index in [4.69, 9.17) is 0 Å². The maximum Gasteiger partial charge on any atom is 0.243 e. The molecule has 1 fully saturated rings. The van der Waals surface area contributed by atoms with Crippen molar-refractivity contribution >= 4 is 26.0 Å². The molecule has 0 unspecified atom stereocenters. The monoisotopic (exact) mass is 364 g/mol. The zero-order valence-corrected chi connectivity index (χ0v) is 13.7. The maximum atomic E-state index is 14.4. The van der Waals surface area contributed by atoms with Crippen LogP contribution in [0.2, 0.25) is 0 Å². The van der Waals surface area contributed by atoms with E-state index < -0.39 is 15.8 Å². The van der Waals surface area contributed by atoms with E-state index in [9.17, 15) is 12.8 Å². The molecule has 1 aromatic rings. The number of rotatable bonds is 7. The quantitative estimate of drug-likeness (QED) is 0.781. The largest absolute Gasteiger partial charge is 0.310 e. The van der Waals surface area contributed by atoms with Crippen LogP contribution in [0.4, 0.5) is 4.39 Å². The fourth-order valence-electron chi connectivity index (χ4n) is 1.80. The molecule has 1 saturated carbocycles. The minimum Gasteiger partial charge on any atom is -0.310 e. The van der Waals surface area contributed by atoms with E-state index in [2.05, 4.69) is 26.0 Å². The third-order valence-electron chi connectivity index (χ3n) is 3.07. The summed E-state index contributed by atoms with van der Waals surface area (Å²) in [5.74, 6) is -0.676. The number of sulfonamides is 1. The minimum atomic E-state index is -3.80. The fraction of sp³-hybridized carbons (Fsp3) is 0.538. The molecular weight excluding hydrogens is 347 g/mol. The molecule has 1 aromatic carbocycles. The Morgan fingerprint density at radius 3 is 2.70 bits per heavy atom. The summed E-state index contributed by atoms with van der Waals surface area (Å²) in [5.41, 5.74) is 0.364. The van der Waals surface area contributed by atoms with Gasteiger partial charge in [0.1, 0.15) is 10.7 Å². The third-order valence-corrected chi connectivity index (χ3v) is 4.99. The maximum absolute atomic E-state index is 14.4. The topological polar surface area (TPSA) is 58.2 Å². The molecule has 7 heteroatoms. The predicted octanol–water partition coefficient (Wildman–Crippen LogP) is 2.53. The molecule has 2 N–H and O–H groups in total. The van der Waals surface area contributed by atoms with Gasteiger partial charge in [0, 0.05) is 29.2 Å². The predicted molar refractivity (Wildman–Crippen MR) is 79.4 cm³/mol. The molecule has 0 aliphatic heterocycles. The Labute approximate surface area is 127 Å². The normalized spacial score (nSPS) is 15.6. The first-order valence-corrected chi connectivity index (χ1v) is 8.92. The number of halogens is 2. The van der Waals surface area contributed by atoms with E-state index in [0.717, 1.165) is 12.8 Å². The van der Waals surface area contributed by atoms with Gasteiger partial charge in [0.2, 0.25) is 10.0 Å². The number of hydrogen-bond acceptors (Lipinski definition) is 3. The minimum absolute atomic E-state index is 0.296. The van der Waals surface area contributed by atoms with Crippen LogP contribution in [0, 0.1) is 5.82 Å². The highest BCUT2D eigenvalue weighted by atomic mass is 79.9. The van der Waals surface area contributed by atoms with E-state index >= 15 is 0 Å². The summed E-state index contributed by atoms with van der Waals surface area (Å²) in [5, 5.41) is 3.19. The lowest BCUT2D eigenvalue weighted by Gasteiger charge is -2.11. The smallest absolute Gasteiger partial charge is 0.243 e. The summed E-state index contributed by atoms with van der Waals surface area (Å²) >= 11 is 3.24. The standard InChI is InChI=1S/C13H18BrFN2O2S/c1-2-5-17-20(18,19)12-7-10(14)6-9(13(12)15)8-16-11-3-4-11/h6-7,11,16-17H,2-5,8H2,1H3. The second-order valence-electron chi connectivity index (χ2n) is 4.93. The van der Waals surface area contributed by atoms with Crippen LogP contribution in [0.25, 0.3) is 0 Å². The Hall–Kier alpha value is -0.500. The number of benzene rings is 1. The van der Waals surface area contributed by atoms with Crippen LogP contribution in [0.3, 0.4) is 0 Å². The van der Waals surface area contributed by atoms with Gasteiger partial charge in [-0.3, -0.25) is 0 Å². The molecule has 4 nitrogen and oxygen atoms in total. The molecule has 0 atom stereocenters.